The SMILES string of the molecule is CN(C)CCOC(=O)c1c(C=Cc2ccc(Cl)cc2)[nH]c2cc(Br)ccc12. The van der Waals surface area contributed by atoms with E-state index in [1.165, 1.54) is 0 Å². The average Bonchev–Trinajstić information content (AvgIpc) is 2.98. The number of nitrogens with zero attached hydrogens (tertiary/aromatic N) is 1. The van der Waals surface area contributed by atoms with Crippen LogP contribution in [0.2, 0.25) is 5.02 Å². The summed E-state index contributed by atoms with van der Waals surface area (Å²) in [6.45, 7) is 1.02. The maximum atomic E-state index is 12.7. The summed E-state index contributed by atoms with van der Waals surface area (Å²) in [5.41, 5.74) is 3.13. The summed E-state index contributed by atoms with van der Waals surface area (Å²) in [6, 6.07) is 13.3. The maximum Gasteiger partial charge on any atom is 0.340 e. The lowest BCUT2D eigenvalue weighted by Crippen LogP contribution is -2.20. The van der Waals surface area contributed by atoms with Gasteiger partial charge in [0.2, 0.25) is 0 Å². The van der Waals surface area contributed by atoms with Crippen molar-refractivity contribution in [1.29, 1.82) is 0 Å². The number of ether oxygens (including phenoxy) is 1. The predicted octanol–water partition coefficient (Wildman–Crippen LogP) is 5.47. The van der Waals surface area contributed by atoms with Crippen LogP contribution in [-0.4, -0.2) is 43.1 Å². The van der Waals surface area contributed by atoms with Crippen LogP contribution in [-0.2, 0) is 4.74 Å². The van der Waals surface area contributed by atoms with Gasteiger partial charge < -0.3 is 14.6 Å². The fourth-order valence-electron chi connectivity index (χ4n) is 2.68. The molecular formula is C21H20BrClN2O2. The first-order chi connectivity index (χ1) is 12.9. The van der Waals surface area contributed by atoms with Gasteiger partial charge in [0.15, 0.2) is 0 Å². The number of hydrogen-bond acceptors (Lipinski definition) is 3. The first-order valence-electron chi connectivity index (χ1n) is 8.51. The summed E-state index contributed by atoms with van der Waals surface area (Å²) >= 11 is 9.41. The molecule has 1 aromatic heterocycles. The molecule has 0 fully saturated rings. The molecule has 0 saturated heterocycles. The molecule has 1 N–H and O–H groups in total. The molecule has 0 unspecified atom stereocenters. The number of aromatic amines is 1. The van der Waals surface area contributed by atoms with Gasteiger partial charge in [-0.25, -0.2) is 4.79 Å². The Bertz CT molecular complexity index is 978. The Kier molecular flexibility index (Phi) is 6.37. The fraction of sp³-hybridized carbons (Fsp3) is 0.190. The van der Waals surface area contributed by atoms with E-state index in [4.69, 9.17) is 16.3 Å². The zero-order chi connectivity index (χ0) is 19.4. The lowest BCUT2D eigenvalue weighted by atomic mass is 10.1. The summed E-state index contributed by atoms with van der Waals surface area (Å²) in [6.07, 6.45) is 3.83. The molecule has 0 aliphatic heterocycles. The monoisotopic (exact) mass is 446 g/mol. The standard InChI is InChI=1S/C21H20BrClN2O2/c1-25(2)11-12-27-21(26)20-17-9-6-15(22)13-19(17)24-18(20)10-5-14-3-7-16(23)8-4-14/h3-10,13,24H,11-12H2,1-2H3. The minimum atomic E-state index is -0.332. The van der Waals surface area contributed by atoms with Crippen LogP contribution in [0.15, 0.2) is 46.9 Å². The lowest BCUT2D eigenvalue weighted by Gasteiger charge is -2.10. The fourth-order valence-corrected chi connectivity index (χ4v) is 3.17. The number of esters is 1. The molecule has 2 aromatic carbocycles. The van der Waals surface area contributed by atoms with E-state index in [1.54, 1.807) is 0 Å². The number of halogens is 2. The van der Waals surface area contributed by atoms with E-state index in [1.807, 2.05) is 73.6 Å². The number of carbonyl (C=O) groups excluding carboxylic acids is 1. The van der Waals surface area contributed by atoms with E-state index < -0.39 is 0 Å². The van der Waals surface area contributed by atoms with Crippen LogP contribution in [0.4, 0.5) is 0 Å². The van der Waals surface area contributed by atoms with Crippen molar-refractivity contribution < 1.29 is 9.53 Å². The number of aromatic nitrogens is 1. The minimum Gasteiger partial charge on any atom is -0.461 e. The smallest absolute Gasteiger partial charge is 0.340 e. The van der Waals surface area contributed by atoms with E-state index in [-0.39, 0.29) is 5.97 Å². The van der Waals surface area contributed by atoms with Gasteiger partial charge in [-0.1, -0.05) is 51.8 Å². The molecular weight excluding hydrogens is 428 g/mol. The second kappa shape index (κ2) is 8.74. The van der Waals surface area contributed by atoms with Crippen LogP contribution in [0.5, 0.6) is 0 Å². The maximum absolute atomic E-state index is 12.7. The summed E-state index contributed by atoms with van der Waals surface area (Å²) in [4.78, 5) is 18.0. The first kappa shape index (κ1) is 19.7. The number of benzene rings is 2. The van der Waals surface area contributed by atoms with Crippen LogP contribution in [0.3, 0.4) is 0 Å². The number of fused-ring (bicyclic) bond motifs is 1. The van der Waals surface area contributed by atoms with E-state index in [0.29, 0.717) is 29.4 Å². The highest BCUT2D eigenvalue weighted by atomic mass is 79.9. The normalized spacial score (nSPS) is 11.6. The number of likely N-dealkylation sites (N-methyl/N-ethyl adjacent to an activating group) is 1. The van der Waals surface area contributed by atoms with Crippen molar-refractivity contribution in [3.63, 3.8) is 0 Å². The van der Waals surface area contributed by atoms with Crippen molar-refractivity contribution in [2.75, 3.05) is 27.2 Å². The molecule has 3 aromatic rings. The van der Waals surface area contributed by atoms with Crippen molar-refractivity contribution in [3.05, 3.63) is 68.8 Å². The Morgan fingerprint density at radius 2 is 1.93 bits per heavy atom. The first-order valence-corrected chi connectivity index (χ1v) is 9.68. The van der Waals surface area contributed by atoms with Gasteiger partial charge in [-0.2, -0.15) is 0 Å². The summed E-state index contributed by atoms with van der Waals surface area (Å²) in [7, 11) is 3.88. The molecule has 0 amide bonds. The number of carbonyl (C=O) groups is 1. The highest BCUT2D eigenvalue weighted by molar-refractivity contribution is 9.10. The predicted molar refractivity (Wildman–Crippen MR) is 115 cm³/mol. The Morgan fingerprint density at radius 1 is 1.19 bits per heavy atom. The number of nitrogens with one attached hydrogen (secondary N) is 1. The Labute approximate surface area is 171 Å². The molecule has 4 nitrogen and oxygen atoms in total. The van der Waals surface area contributed by atoms with Gasteiger partial charge >= 0.3 is 5.97 Å². The largest absolute Gasteiger partial charge is 0.461 e. The van der Waals surface area contributed by atoms with Gasteiger partial charge in [-0.15, -0.1) is 0 Å². The topological polar surface area (TPSA) is 45.3 Å². The van der Waals surface area contributed by atoms with Gasteiger partial charge in [0.25, 0.3) is 0 Å². The third-order valence-corrected chi connectivity index (χ3v) is 4.82. The Morgan fingerprint density at radius 3 is 2.63 bits per heavy atom. The Balaban J connectivity index is 1.95. The van der Waals surface area contributed by atoms with Gasteiger partial charge in [-0.05, 0) is 50.0 Å². The number of hydrogen-bond donors (Lipinski definition) is 1. The van der Waals surface area contributed by atoms with Gasteiger partial charge in [0.1, 0.15) is 6.61 Å². The quantitative estimate of drug-likeness (QED) is 0.509. The van der Waals surface area contributed by atoms with Crippen molar-refractivity contribution in [1.82, 2.24) is 9.88 Å². The number of H-pyrrole nitrogens is 1. The van der Waals surface area contributed by atoms with Crippen molar-refractivity contribution in [2.45, 2.75) is 0 Å². The van der Waals surface area contributed by atoms with Gasteiger partial charge in [-0.3, -0.25) is 0 Å². The summed E-state index contributed by atoms with van der Waals surface area (Å²) < 4.78 is 6.42. The third-order valence-electron chi connectivity index (χ3n) is 4.08. The molecule has 0 spiro atoms. The van der Waals surface area contributed by atoms with Crippen LogP contribution >= 0.6 is 27.5 Å². The van der Waals surface area contributed by atoms with Gasteiger partial charge in [0, 0.05) is 26.9 Å². The third kappa shape index (κ3) is 5.01. The van der Waals surface area contributed by atoms with E-state index in [0.717, 1.165) is 20.9 Å². The van der Waals surface area contributed by atoms with E-state index in [9.17, 15) is 4.79 Å². The van der Waals surface area contributed by atoms with Crippen molar-refractivity contribution in [2.24, 2.45) is 0 Å². The summed E-state index contributed by atoms with van der Waals surface area (Å²) in [5.74, 6) is -0.332. The van der Waals surface area contributed by atoms with Gasteiger partial charge in [0.05, 0.1) is 11.3 Å². The molecule has 3 rings (SSSR count). The second-order valence-corrected chi connectivity index (χ2v) is 7.78. The zero-order valence-corrected chi connectivity index (χ0v) is 17.5. The highest BCUT2D eigenvalue weighted by Gasteiger charge is 2.18. The van der Waals surface area contributed by atoms with Crippen LogP contribution in [0.1, 0.15) is 21.6 Å². The molecule has 0 bridgehead atoms. The van der Waals surface area contributed by atoms with Crippen LogP contribution in [0.25, 0.3) is 23.1 Å². The van der Waals surface area contributed by atoms with E-state index >= 15 is 0 Å². The molecule has 0 atom stereocenters. The zero-order valence-electron chi connectivity index (χ0n) is 15.1. The van der Waals surface area contributed by atoms with Crippen LogP contribution in [0, 0.1) is 0 Å². The number of rotatable bonds is 6. The van der Waals surface area contributed by atoms with Crippen molar-refractivity contribution in [3.8, 4) is 0 Å². The molecule has 0 saturated carbocycles. The summed E-state index contributed by atoms with van der Waals surface area (Å²) in [5, 5.41) is 1.52. The molecule has 6 heteroatoms. The van der Waals surface area contributed by atoms with Crippen molar-refractivity contribution >= 4 is 56.6 Å². The molecule has 0 radical (unpaired) electrons. The molecule has 1 heterocycles. The molecule has 140 valence electrons. The molecule has 27 heavy (non-hydrogen) atoms. The highest BCUT2D eigenvalue weighted by Crippen LogP contribution is 2.27. The molecule has 0 aliphatic carbocycles. The lowest BCUT2D eigenvalue weighted by molar-refractivity contribution is 0.0484. The second-order valence-electron chi connectivity index (χ2n) is 6.43. The van der Waals surface area contributed by atoms with Crippen LogP contribution < -0.4 is 0 Å². The molecule has 0 aliphatic rings. The van der Waals surface area contributed by atoms with E-state index in [2.05, 4.69) is 20.9 Å². The average molecular weight is 448 g/mol. The minimum absolute atomic E-state index is 0.332. The Hall–Kier alpha value is -2.08.